The van der Waals surface area contributed by atoms with E-state index in [1.54, 1.807) is 0 Å². The maximum atomic E-state index is 13.7. The molecule has 21 heavy (non-hydrogen) atoms. The van der Waals surface area contributed by atoms with Gasteiger partial charge in [-0.05, 0) is 6.07 Å². The molecule has 0 aliphatic heterocycles. The summed E-state index contributed by atoms with van der Waals surface area (Å²) >= 11 is 0. The molecule has 3 aromatic rings. The number of nitrogens with zero attached hydrogens (tertiary/aromatic N) is 3. The summed E-state index contributed by atoms with van der Waals surface area (Å²) in [4.78, 5) is 19.0. The molecular formula is C13H11FN4O3. The zero-order valence-electron chi connectivity index (χ0n) is 11.0. The number of carbonyl (C=O) groups is 1. The van der Waals surface area contributed by atoms with Crippen LogP contribution in [0.2, 0.25) is 0 Å². The second-order valence-corrected chi connectivity index (χ2v) is 4.44. The van der Waals surface area contributed by atoms with Gasteiger partial charge in [-0.3, -0.25) is 4.79 Å². The second kappa shape index (κ2) is 4.58. The van der Waals surface area contributed by atoms with Gasteiger partial charge in [0.05, 0.1) is 18.0 Å². The van der Waals surface area contributed by atoms with Gasteiger partial charge in [0.2, 0.25) is 0 Å². The van der Waals surface area contributed by atoms with Gasteiger partial charge in [0.25, 0.3) is 0 Å². The first-order valence-electron chi connectivity index (χ1n) is 6.00. The molecule has 0 fully saturated rings. The van der Waals surface area contributed by atoms with Crippen molar-refractivity contribution in [3.63, 3.8) is 0 Å². The van der Waals surface area contributed by atoms with Crippen LogP contribution in [0.1, 0.15) is 0 Å². The van der Waals surface area contributed by atoms with Crippen molar-refractivity contribution in [1.29, 1.82) is 0 Å². The van der Waals surface area contributed by atoms with Crippen LogP contribution in [0, 0.1) is 5.82 Å². The standard InChI is InChI=1S/C13H11FN4O3/c1-21-8-3-6(14)2-7-10-12(15)16-5-17-13(10)18(11(7)8)4-9(19)20/h2-3,5H,4H2,1H3,(H,19,20)(H2,15,16,17). The Morgan fingerprint density at radius 2 is 2.24 bits per heavy atom. The Bertz CT molecular complexity index is 875. The van der Waals surface area contributed by atoms with Gasteiger partial charge < -0.3 is 20.1 Å². The number of carboxylic acids is 1. The SMILES string of the molecule is COc1cc(F)cc2c3c(N)ncnc3n(CC(=O)O)c12. The van der Waals surface area contributed by atoms with Crippen LogP contribution in [0.3, 0.4) is 0 Å². The van der Waals surface area contributed by atoms with E-state index in [1.807, 2.05) is 0 Å². The van der Waals surface area contributed by atoms with Crippen molar-refractivity contribution in [2.45, 2.75) is 6.54 Å². The molecule has 2 aromatic heterocycles. The Labute approximate surface area is 117 Å². The van der Waals surface area contributed by atoms with Crippen LogP contribution in [-0.4, -0.2) is 32.7 Å². The third-order valence-corrected chi connectivity index (χ3v) is 3.20. The van der Waals surface area contributed by atoms with Gasteiger partial charge in [0.15, 0.2) is 0 Å². The summed E-state index contributed by atoms with van der Waals surface area (Å²) in [6.45, 7) is -0.349. The Hall–Kier alpha value is -2.90. The number of nitrogens with two attached hydrogens (primary N) is 1. The van der Waals surface area contributed by atoms with Crippen molar-refractivity contribution < 1.29 is 19.0 Å². The first kappa shape index (κ1) is 13.1. The highest BCUT2D eigenvalue weighted by atomic mass is 19.1. The zero-order valence-corrected chi connectivity index (χ0v) is 11.0. The molecule has 0 aliphatic rings. The minimum absolute atomic E-state index is 0.154. The molecule has 0 amide bonds. The summed E-state index contributed by atoms with van der Waals surface area (Å²) in [6, 6.07) is 2.45. The first-order valence-corrected chi connectivity index (χ1v) is 6.00. The highest BCUT2D eigenvalue weighted by molar-refractivity contribution is 6.13. The molecular weight excluding hydrogens is 279 g/mol. The summed E-state index contributed by atoms with van der Waals surface area (Å²) < 4.78 is 20.3. The van der Waals surface area contributed by atoms with Crippen molar-refractivity contribution in [2.75, 3.05) is 12.8 Å². The molecule has 0 aliphatic carbocycles. The van der Waals surface area contributed by atoms with Crippen LogP contribution in [0.5, 0.6) is 5.75 Å². The average molecular weight is 290 g/mol. The van der Waals surface area contributed by atoms with E-state index in [1.165, 1.54) is 30.1 Å². The summed E-state index contributed by atoms with van der Waals surface area (Å²) in [5.41, 5.74) is 6.58. The molecule has 0 unspecified atom stereocenters. The Balaban J connectivity index is 2.56. The molecule has 0 spiro atoms. The topological polar surface area (TPSA) is 103 Å². The lowest BCUT2D eigenvalue weighted by atomic mass is 10.2. The summed E-state index contributed by atoms with van der Waals surface area (Å²) in [5, 5.41) is 9.91. The maximum absolute atomic E-state index is 13.7. The van der Waals surface area contributed by atoms with E-state index in [9.17, 15) is 9.18 Å². The summed E-state index contributed by atoms with van der Waals surface area (Å²) in [6.07, 6.45) is 1.23. The largest absolute Gasteiger partial charge is 0.494 e. The fourth-order valence-corrected chi connectivity index (χ4v) is 2.45. The molecule has 0 atom stereocenters. The molecule has 0 radical (unpaired) electrons. The van der Waals surface area contributed by atoms with E-state index in [2.05, 4.69) is 9.97 Å². The van der Waals surface area contributed by atoms with E-state index < -0.39 is 11.8 Å². The Morgan fingerprint density at radius 1 is 1.48 bits per heavy atom. The van der Waals surface area contributed by atoms with Gasteiger partial charge in [-0.2, -0.15) is 0 Å². The van der Waals surface area contributed by atoms with Crippen LogP contribution in [0.25, 0.3) is 21.9 Å². The van der Waals surface area contributed by atoms with Crippen molar-refractivity contribution >= 4 is 33.7 Å². The van der Waals surface area contributed by atoms with Crippen LogP contribution in [0.15, 0.2) is 18.5 Å². The zero-order chi connectivity index (χ0) is 15.1. The number of methoxy groups -OCH3 is 1. The fraction of sp³-hybridized carbons (Fsp3) is 0.154. The number of anilines is 1. The minimum Gasteiger partial charge on any atom is -0.494 e. The van der Waals surface area contributed by atoms with E-state index >= 15 is 0 Å². The van der Waals surface area contributed by atoms with Crippen LogP contribution in [0.4, 0.5) is 10.2 Å². The van der Waals surface area contributed by atoms with Gasteiger partial charge >= 0.3 is 5.97 Å². The molecule has 1 aromatic carbocycles. The quantitative estimate of drug-likeness (QED) is 0.755. The number of benzene rings is 1. The second-order valence-electron chi connectivity index (χ2n) is 4.44. The third kappa shape index (κ3) is 1.92. The fourth-order valence-electron chi connectivity index (χ4n) is 2.45. The number of fused-ring (bicyclic) bond motifs is 3. The normalized spacial score (nSPS) is 11.1. The van der Waals surface area contributed by atoms with E-state index in [-0.39, 0.29) is 18.1 Å². The smallest absolute Gasteiger partial charge is 0.323 e. The lowest BCUT2D eigenvalue weighted by Crippen LogP contribution is -2.09. The van der Waals surface area contributed by atoms with Gasteiger partial charge in [-0.15, -0.1) is 0 Å². The Morgan fingerprint density at radius 3 is 2.90 bits per heavy atom. The van der Waals surface area contributed by atoms with Crippen LogP contribution >= 0.6 is 0 Å². The molecule has 108 valence electrons. The minimum atomic E-state index is -1.06. The predicted molar refractivity (Wildman–Crippen MR) is 73.6 cm³/mol. The molecule has 0 saturated carbocycles. The number of hydrogen-bond donors (Lipinski definition) is 2. The van der Waals surface area contributed by atoms with E-state index in [4.69, 9.17) is 15.6 Å². The van der Waals surface area contributed by atoms with Gasteiger partial charge in [0, 0.05) is 11.5 Å². The van der Waals surface area contributed by atoms with Gasteiger partial charge in [-0.25, -0.2) is 14.4 Å². The van der Waals surface area contributed by atoms with Gasteiger partial charge in [0.1, 0.15) is 35.9 Å². The lowest BCUT2D eigenvalue weighted by molar-refractivity contribution is -0.137. The number of aromatic nitrogens is 3. The van der Waals surface area contributed by atoms with Crippen molar-refractivity contribution in [3.05, 3.63) is 24.3 Å². The summed E-state index contributed by atoms with van der Waals surface area (Å²) in [5.74, 6) is -1.21. The molecule has 8 heteroatoms. The number of halogens is 1. The number of hydrogen-bond acceptors (Lipinski definition) is 5. The average Bonchev–Trinajstić information content (AvgIpc) is 2.73. The number of nitrogen functional groups attached to an aromatic ring is 1. The Kier molecular flexibility index (Phi) is 2.86. The molecule has 3 rings (SSSR count). The number of carboxylic acid groups (broad SMARTS) is 1. The number of ether oxygens (including phenoxy) is 1. The maximum Gasteiger partial charge on any atom is 0.323 e. The highest BCUT2D eigenvalue weighted by Crippen LogP contribution is 2.36. The predicted octanol–water partition coefficient (Wildman–Crippen LogP) is 1.40. The van der Waals surface area contributed by atoms with E-state index in [0.717, 1.165) is 0 Å². The van der Waals surface area contributed by atoms with Gasteiger partial charge in [-0.1, -0.05) is 0 Å². The number of rotatable bonds is 3. The lowest BCUT2D eigenvalue weighted by Gasteiger charge is -2.07. The van der Waals surface area contributed by atoms with Crippen molar-refractivity contribution in [1.82, 2.24) is 14.5 Å². The summed E-state index contributed by atoms with van der Waals surface area (Å²) in [7, 11) is 1.38. The first-order chi connectivity index (χ1) is 10.0. The number of aliphatic carboxylic acids is 1. The monoisotopic (exact) mass is 290 g/mol. The van der Waals surface area contributed by atoms with Crippen LogP contribution < -0.4 is 10.5 Å². The molecule has 0 bridgehead atoms. The molecule has 3 N–H and O–H groups in total. The van der Waals surface area contributed by atoms with Crippen LogP contribution in [-0.2, 0) is 11.3 Å². The van der Waals surface area contributed by atoms with E-state index in [0.29, 0.717) is 21.9 Å². The highest BCUT2D eigenvalue weighted by Gasteiger charge is 2.20. The molecule has 0 saturated heterocycles. The van der Waals surface area contributed by atoms with Crippen molar-refractivity contribution in [2.24, 2.45) is 0 Å². The molecule has 2 heterocycles. The third-order valence-electron chi connectivity index (χ3n) is 3.20. The molecule has 7 nitrogen and oxygen atoms in total. The van der Waals surface area contributed by atoms with Crippen molar-refractivity contribution in [3.8, 4) is 5.75 Å².